The van der Waals surface area contributed by atoms with E-state index < -0.39 is 5.97 Å². The molecule has 0 aromatic heterocycles. The summed E-state index contributed by atoms with van der Waals surface area (Å²) in [4.78, 5) is 10.5. The van der Waals surface area contributed by atoms with Crippen LogP contribution in [-0.2, 0) is 4.79 Å². The summed E-state index contributed by atoms with van der Waals surface area (Å²) in [5.74, 6) is -1.24. The van der Waals surface area contributed by atoms with Gasteiger partial charge in [0, 0.05) is 5.02 Å². The van der Waals surface area contributed by atoms with Crippen molar-refractivity contribution in [1.82, 2.24) is 0 Å². The lowest BCUT2D eigenvalue weighted by Crippen LogP contribution is -1.97. The molecular formula is C10H6ClNO2. The Kier molecular flexibility index (Phi) is 3.27. The van der Waals surface area contributed by atoms with Gasteiger partial charge in [-0.2, -0.15) is 5.26 Å². The minimum absolute atomic E-state index is 0.313. The molecule has 0 aliphatic carbocycles. The summed E-state index contributed by atoms with van der Waals surface area (Å²) in [6.45, 7) is 0. The van der Waals surface area contributed by atoms with Gasteiger partial charge in [-0.05, 0) is 23.8 Å². The molecule has 0 heterocycles. The van der Waals surface area contributed by atoms with Crippen LogP contribution in [0.15, 0.2) is 29.8 Å². The molecule has 70 valence electrons. The van der Waals surface area contributed by atoms with E-state index in [1.54, 1.807) is 30.3 Å². The molecule has 0 saturated carbocycles. The van der Waals surface area contributed by atoms with Gasteiger partial charge in [-0.25, -0.2) is 4.79 Å². The van der Waals surface area contributed by atoms with Gasteiger partial charge in [-0.3, -0.25) is 0 Å². The minimum Gasteiger partial charge on any atom is -0.477 e. The van der Waals surface area contributed by atoms with Crippen LogP contribution >= 0.6 is 11.6 Å². The predicted molar refractivity (Wildman–Crippen MR) is 52.7 cm³/mol. The maximum atomic E-state index is 10.5. The van der Waals surface area contributed by atoms with Crippen LogP contribution in [0.4, 0.5) is 0 Å². The molecule has 1 aromatic rings. The number of benzene rings is 1. The van der Waals surface area contributed by atoms with Crippen molar-refractivity contribution in [3.05, 3.63) is 40.4 Å². The third-order valence-electron chi connectivity index (χ3n) is 1.51. The molecule has 1 rings (SSSR count). The molecule has 1 N–H and O–H groups in total. The topological polar surface area (TPSA) is 61.1 Å². The summed E-state index contributed by atoms with van der Waals surface area (Å²) < 4.78 is 0. The van der Waals surface area contributed by atoms with E-state index in [0.717, 1.165) is 0 Å². The van der Waals surface area contributed by atoms with E-state index in [0.29, 0.717) is 10.6 Å². The van der Waals surface area contributed by atoms with Crippen molar-refractivity contribution >= 4 is 23.6 Å². The maximum absolute atomic E-state index is 10.5. The van der Waals surface area contributed by atoms with Gasteiger partial charge in [0.2, 0.25) is 0 Å². The first-order valence-corrected chi connectivity index (χ1v) is 4.12. The molecule has 0 amide bonds. The number of carbonyl (C=O) groups is 1. The number of hydrogen-bond acceptors (Lipinski definition) is 2. The van der Waals surface area contributed by atoms with E-state index >= 15 is 0 Å². The molecular weight excluding hydrogens is 202 g/mol. The number of nitriles is 1. The summed E-state index contributed by atoms with van der Waals surface area (Å²) in [5, 5.41) is 17.6. The average Bonchev–Trinajstić information content (AvgIpc) is 2.14. The quantitative estimate of drug-likeness (QED) is 0.598. The van der Waals surface area contributed by atoms with Gasteiger partial charge in [0.05, 0.1) is 0 Å². The van der Waals surface area contributed by atoms with Gasteiger partial charge in [0.25, 0.3) is 0 Å². The lowest BCUT2D eigenvalue weighted by atomic mass is 10.1. The summed E-state index contributed by atoms with van der Waals surface area (Å²) in [6, 6.07) is 8.20. The Hall–Kier alpha value is -1.79. The van der Waals surface area contributed by atoms with E-state index in [4.69, 9.17) is 22.0 Å². The third kappa shape index (κ3) is 2.61. The number of halogens is 1. The second-order valence-corrected chi connectivity index (χ2v) is 2.97. The number of aliphatic carboxylic acids is 1. The van der Waals surface area contributed by atoms with E-state index in [9.17, 15) is 4.79 Å². The van der Waals surface area contributed by atoms with Gasteiger partial charge in [0.15, 0.2) is 0 Å². The molecule has 0 bridgehead atoms. The summed E-state index contributed by atoms with van der Waals surface area (Å²) in [7, 11) is 0. The Morgan fingerprint density at radius 2 is 2.29 bits per heavy atom. The number of rotatable bonds is 2. The minimum atomic E-state index is -1.24. The maximum Gasteiger partial charge on any atom is 0.346 e. The summed E-state index contributed by atoms with van der Waals surface area (Å²) in [5.41, 5.74) is 0.281. The first-order chi connectivity index (χ1) is 6.63. The van der Waals surface area contributed by atoms with Crippen molar-refractivity contribution in [3.8, 4) is 6.07 Å². The zero-order valence-corrected chi connectivity index (χ0v) is 7.82. The molecule has 0 aliphatic heterocycles. The largest absolute Gasteiger partial charge is 0.477 e. The van der Waals surface area contributed by atoms with Crippen molar-refractivity contribution in [2.75, 3.05) is 0 Å². The van der Waals surface area contributed by atoms with Crippen LogP contribution in [0.2, 0.25) is 5.02 Å². The van der Waals surface area contributed by atoms with Crippen LogP contribution < -0.4 is 0 Å². The first-order valence-electron chi connectivity index (χ1n) is 3.74. The van der Waals surface area contributed by atoms with Crippen LogP contribution in [0, 0.1) is 11.3 Å². The Morgan fingerprint density at radius 1 is 1.57 bits per heavy atom. The zero-order valence-electron chi connectivity index (χ0n) is 7.07. The molecule has 0 radical (unpaired) electrons. The van der Waals surface area contributed by atoms with Crippen molar-refractivity contribution in [1.29, 1.82) is 5.26 Å². The second-order valence-electron chi connectivity index (χ2n) is 2.53. The molecule has 0 atom stereocenters. The SMILES string of the molecule is N#CC(=Cc1cccc(Cl)c1)C(=O)O. The van der Waals surface area contributed by atoms with Gasteiger partial charge in [-0.15, -0.1) is 0 Å². The van der Waals surface area contributed by atoms with Gasteiger partial charge < -0.3 is 5.11 Å². The van der Waals surface area contributed by atoms with Crippen LogP contribution in [0.25, 0.3) is 6.08 Å². The molecule has 3 nitrogen and oxygen atoms in total. The molecule has 0 fully saturated rings. The normalized spacial score (nSPS) is 10.7. The van der Waals surface area contributed by atoms with E-state index in [2.05, 4.69) is 0 Å². The Bertz CT molecular complexity index is 432. The molecule has 0 unspecified atom stereocenters. The summed E-state index contributed by atoms with van der Waals surface area (Å²) in [6.07, 6.45) is 1.27. The van der Waals surface area contributed by atoms with Crippen molar-refractivity contribution in [3.63, 3.8) is 0 Å². The number of hydrogen-bond donors (Lipinski definition) is 1. The second kappa shape index (κ2) is 4.45. The van der Waals surface area contributed by atoms with Crippen LogP contribution in [0.5, 0.6) is 0 Å². The smallest absolute Gasteiger partial charge is 0.346 e. The third-order valence-corrected chi connectivity index (χ3v) is 1.75. The summed E-state index contributed by atoms with van der Waals surface area (Å²) >= 11 is 5.69. The highest BCUT2D eigenvalue weighted by Gasteiger charge is 2.05. The average molecular weight is 208 g/mol. The molecule has 4 heteroatoms. The van der Waals surface area contributed by atoms with Crippen molar-refractivity contribution in [2.24, 2.45) is 0 Å². The van der Waals surface area contributed by atoms with Gasteiger partial charge in [-0.1, -0.05) is 23.7 Å². The van der Waals surface area contributed by atoms with E-state index in [-0.39, 0.29) is 5.57 Å². The molecule has 1 aromatic carbocycles. The van der Waals surface area contributed by atoms with Crippen LogP contribution in [0.1, 0.15) is 5.56 Å². The fourth-order valence-corrected chi connectivity index (χ4v) is 1.10. The zero-order chi connectivity index (χ0) is 10.6. The number of carboxylic acids is 1. The first kappa shape index (κ1) is 10.3. The van der Waals surface area contributed by atoms with Gasteiger partial charge >= 0.3 is 5.97 Å². The lowest BCUT2D eigenvalue weighted by molar-refractivity contribution is -0.132. The Morgan fingerprint density at radius 3 is 2.79 bits per heavy atom. The molecule has 0 spiro atoms. The monoisotopic (exact) mass is 207 g/mol. The highest BCUT2D eigenvalue weighted by Crippen LogP contribution is 2.13. The Labute approximate surface area is 85.9 Å². The van der Waals surface area contributed by atoms with Crippen molar-refractivity contribution in [2.45, 2.75) is 0 Å². The van der Waals surface area contributed by atoms with Crippen LogP contribution in [-0.4, -0.2) is 11.1 Å². The van der Waals surface area contributed by atoms with E-state index in [1.165, 1.54) is 6.08 Å². The fourth-order valence-electron chi connectivity index (χ4n) is 0.905. The van der Waals surface area contributed by atoms with Crippen LogP contribution in [0.3, 0.4) is 0 Å². The highest BCUT2D eigenvalue weighted by atomic mass is 35.5. The highest BCUT2D eigenvalue weighted by molar-refractivity contribution is 6.30. The van der Waals surface area contributed by atoms with E-state index in [1.807, 2.05) is 0 Å². The predicted octanol–water partition coefficient (Wildman–Crippen LogP) is 2.33. The van der Waals surface area contributed by atoms with Gasteiger partial charge in [0.1, 0.15) is 11.6 Å². The molecule has 0 saturated heterocycles. The molecule has 0 aliphatic rings. The lowest BCUT2D eigenvalue weighted by Gasteiger charge is -1.94. The standard InChI is InChI=1S/C10H6ClNO2/c11-9-3-1-2-7(5-9)4-8(6-12)10(13)14/h1-5H,(H,13,14). The number of carboxylic acid groups (broad SMARTS) is 1. The van der Waals surface area contributed by atoms with Crippen molar-refractivity contribution < 1.29 is 9.90 Å². The molecule has 14 heavy (non-hydrogen) atoms. The fraction of sp³-hybridized carbons (Fsp3) is 0. The Balaban J connectivity index is 3.08. The number of nitrogens with zero attached hydrogens (tertiary/aromatic N) is 1.